The number of carbonyl (C=O) groups excluding carboxylic acids is 1. The molecule has 7 heteroatoms. The number of anilines is 1. The van der Waals surface area contributed by atoms with E-state index >= 15 is 0 Å². The summed E-state index contributed by atoms with van der Waals surface area (Å²) in [5, 5.41) is -0.0435. The van der Waals surface area contributed by atoms with E-state index < -0.39 is 6.36 Å². The number of rotatable bonds is 2. The number of carbonyl (C=O) groups is 1. The predicted molar refractivity (Wildman–Crippen MR) is 67.6 cm³/mol. The van der Waals surface area contributed by atoms with E-state index in [0.717, 1.165) is 0 Å². The van der Waals surface area contributed by atoms with Crippen molar-refractivity contribution in [2.75, 3.05) is 11.4 Å². The fourth-order valence-corrected chi connectivity index (χ4v) is 2.37. The molecule has 1 saturated heterocycles. The van der Waals surface area contributed by atoms with Crippen LogP contribution in [0.3, 0.4) is 0 Å². The van der Waals surface area contributed by atoms with Crippen molar-refractivity contribution in [1.82, 2.24) is 0 Å². The second kappa shape index (κ2) is 4.96. The smallest absolute Gasteiger partial charge is 0.406 e. The molecule has 0 aliphatic carbocycles. The van der Waals surface area contributed by atoms with Crippen molar-refractivity contribution < 1.29 is 22.7 Å². The van der Waals surface area contributed by atoms with Crippen LogP contribution < -0.4 is 9.64 Å². The molecule has 1 aromatic rings. The summed E-state index contributed by atoms with van der Waals surface area (Å²) in [6.45, 7) is 2.10. The van der Waals surface area contributed by atoms with Gasteiger partial charge in [0.1, 0.15) is 5.75 Å². The highest BCUT2D eigenvalue weighted by atomic mass is 32.1. The number of benzene rings is 1. The molecule has 104 valence electrons. The van der Waals surface area contributed by atoms with Crippen molar-refractivity contribution in [1.29, 1.82) is 0 Å². The number of amides is 1. The molecular weight excluding hydrogens is 279 g/mol. The molecular formula is C12H12F3NO2S. The van der Waals surface area contributed by atoms with Crippen molar-refractivity contribution in [3.05, 3.63) is 23.8 Å². The van der Waals surface area contributed by atoms with Gasteiger partial charge in [0.2, 0.25) is 5.91 Å². The van der Waals surface area contributed by atoms with Crippen molar-refractivity contribution in [2.45, 2.75) is 25.0 Å². The van der Waals surface area contributed by atoms with Crippen molar-refractivity contribution in [2.24, 2.45) is 0 Å². The normalized spacial score (nSPS) is 19.9. The maximum absolute atomic E-state index is 12.1. The van der Waals surface area contributed by atoms with Crippen molar-refractivity contribution >= 4 is 24.2 Å². The first-order valence-corrected chi connectivity index (χ1v) is 6.13. The van der Waals surface area contributed by atoms with Crippen LogP contribution in [0.5, 0.6) is 5.75 Å². The van der Waals surface area contributed by atoms with Gasteiger partial charge in [-0.15, -0.1) is 13.2 Å². The highest BCUT2D eigenvalue weighted by Gasteiger charge is 2.32. The molecule has 1 amide bonds. The third-order valence-corrected chi connectivity index (χ3v) is 3.14. The summed E-state index contributed by atoms with van der Waals surface area (Å²) in [7, 11) is 0. The van der Waals surface area contributed by atoms with Crippen LogP contribution in [0.15, 0.2) is 18.2 Å². The third kappa shape index (κ3) is 3.34. The molecule has 3 nitrogen and oxygen atoms in total. The fraction of sp³-hybridized carbons (Fsp3) is 0.417. The minimum absolute atomic E-state index is 0.0435. The lowest BCUT2D eigenvalue weighted by Crippen LogP contribution is -2.25. The number of aryl methyl sites for hydroxylation is 1. The molecule has 0 aromatic heterocycles. The first-order valence-electron chi connectivity index (χ1n) is 5.61. The maximum Gasteiger partial charge on any atom is 0.573 e. The van der Waals surface area contributed by atoms with E-state index in [9.17, 15) is 18.0 Å². The van der Waals surface area contributed by atoms with Crippen molar-refractivity contribution in [3.8, 4) is 5.75 Å². The number of thiol groups is 1. The van der Waals surface area contributed by atoms with E-state index in [-0.39, 0.29) is 16.9 Å². The van der Waals surface area contributed by atoms with Crippen molar-refractivity contribution in [3.63, 3.8) is 0 Å². The number of halogens is 3. The lowest BCUT2D eigenvalue weighted by atomic mass is 10.1. The summed E-state index contributed by atoms with van der Waals surface area (Å²) >= 11 is 4.24. The Hall–Kier alpha value is -1.37. The highest BCUT2D eigenvalue weighted by Crippen LogP contribution is 2.31. The molecule has 1 aliphatic rings. The zero-order chi connectivity index (χ0) is 14.2. The monoisotopic (exact) mass is 291 g/mol. The van der Waals surface area contributed by atoms with Gasteiger partial charge in [0.05, 0.1) is 0 Å². The van der Waals surface area contributed by atoms with Gasteiger partial charge in [0.25, 0.3) is 0 Å². The second-order valence-corrected chi connectivity index (χ2v) is 5.09. The van der Waals surface area contributed by atoms with E-state index in [1.165, 1.54) is 23.1 Å². The molecule has 1 atom stereocenters. The Morgan fingerprint density at radius 1 is 1.42 bits per heavy atom. The SMILES string of the molecule is Cc1cc(OC(F)(F)F)ccc1N1CC(S)CC1=O. The summed E-state index contributed by atoms with van der Waals surface area (Å²) in [6, 6.07) is 3.93. The Labute approximate surface area is 113 Å². The Balaban J connectivity index is 2.22. The predicted octanol–water partition coefficient (Wildman–Crippen LogP) is 2.93. The molecule has 1 aromatic carbocycles. The van der Waals surface area contributed by atoms with Crippen LogP contribution in [-0.2, 0) is 4.79 Å². The Morgan fingerprint density at radius 3 is 2.58 bits per heavy atom. The molecule has 0 saturated carbocycles. The standard InChI is InChI=1S/C12H12F3NO2S/c1-7-4-8(18-12(13,14)15)2-3-10(7)16-6-9(19)5-11(16)17/h2-4,9,19H,5-6H2,1H3. The minimum Gasteiger partial charge on any atom is -0.406 e. The average molecular weight is 291 g/mol. The van der Waals surface area contributed by atoms with Crippen LogP contribution >= 0.6 is 12.6 Å². The molecule has 19 heavy (non-hydrogen) atoms. The first kappa shape index (κ1) is 14.0. The van der Waals surface area contributed by atoms with Crippen LogP contribution in [0.1, 0.15) is 12.0 Å². The van der Waals surface area contributed by atoms with E-state index in [1.54, 1.807) is 6.92 Å². The summed E-state index contributed by atoms with van der Waals surface area (Å²) in [6.07, 6.45) is -4.38. The van der Waals surface area contributed by atoms with Gasteiger partial charge < -0.3 is 9.64 Å². The molecule has 0 N–H and O–H groups in total. The Morgan fingerprint density at radius 2 is 2.11 bits per heavy atom. The molecule has 1 fully saturated rings. The van der Waals surface area contributed by atoms with Gasteiger partial charge in [-0.2, -0.15) is 12.6 Å². The van der Waals surface area contributed by atoms with Gasteiger partial charge in [-0.25, -0.2) is 0 Å². The van der Waals surface area contributed by atoms with Gasteiger partial charge in [-0.3, -0.25) is 4.79 Å². The number of nitrogens with zero attached hydrogens (tertiary/aromatic N) is 1. The zero-order valence-corrected chi connectivity index (χ0v) is 11.0. The van der Waals surface area contributed by atoms with E-state index in [0.29, 0.717) is 24.2 Å². The minimum atomic E-state index is -4.71. The summed E-state index contributed by atoms with van der Waals surface area (Å²) < 4.78 is 40.1. The number of alkyl halides is 3. The van der Waals surface area contributed by atoms with Crippen LogP contribution in [0.4, 0.5) is 18.9 Å². The number of ether oxygens (including phenoxy) is 1. The molecule has 2 rings (SSSR count). The van der Waals surface area contributed by atoms with Crippen LogP contribution in [0.25, 0.3) is 0 Å². The molecule has 1 aliphatic heterocycles. The van der Waals surface area contributed by atoms with Crippen LogP contribution in [0.2, 0.25) is 0 Å². The highest BCUT2D eigenvalue weighted by molar-refractivity contribution is 7.81. The van der Waals surface area contributed by atoms with E-state index in [2.05, 4.69) is 17.4 Å². The second-order valence-electron chi connectivity index (χ2n) is 4.36. The molecule has 0 radical (unpaired) electrons. The molecule has 0 spiro atoms. The maximum atomic E-state index is 12.1. The topological polar surface area (TPSA) is 29.5 Å². The lowest BCUT2D eigenvalue weighted by molar-refractivity contribution is -0.274. The zero-order valence-electron chi connectivity index (χ0n) is 10.1. The molecule has 0 bridgehead atoms. The van der Waals surface area contributed by atoms with Crippen LogP contribution in [-0.4, -0.2) is 24.1 Å². The average Bonchev–Trinajstić information content (AvgIpc) is 2.55. The largest absolute Gasteiger partial charge is 0.573 e. The van der Waals surface area contributed by atoms with Crippen LogP contribution in [0, 0.1) is 6.92 Å². The van der Waals surface area contributed by atoms with Gasteiger partial charge in [-0.1, -0.05) is 0 Å². The van der Waals surface area contributed by atoms with E-state index in [4.69, 9.17) is 0 Å². The number of hydrogen-bond donors (Lipinski definition) is 1. The van der Waals surface area contributed by atoms with E-state index in [1.807, 2.05) is 0 Å². The van der Waals surface area contributed by atoms with Gasteiger partial charge in [-0.05, 0) is 30.7 Å². The Bertz CT molecular complexity index is 504. The lowest BCUT2D eigenvalue weighted by Gasteiger charge is -2.19. The quantitative estimate of drug-likeness (QED) is 0.849. The molecule has 1 heterocycles. The van der Waals surface area contributed by atoms with Gasteiger partial charge in [0, 0.05) is 23.9 Å². The third-order valence-electron chi connectivity index (χ3n) is 2.80. The summed E-state index contributed by atoms with van der Waals surface area (Å²) in [4.78, 5) is 13.2. The Kier molecular flexibility index (Phi) is 3.66. The number of hydrogen-bond acceptors (Lipinski definition) is 3. The summed E-state index contributed by atoms with van der Waals surface area (Å²) in [5.41, 5.74) is 1.15. The van der Waals surface area contributed by atoms with Gasteiger partial charge >= 0.3 is 6.36 Å². The summed E-state index contributed by atoms with van der Waals surface area (Å²) in [5.74, 6) is -0.365. The first-order chi connectivity index (χ1) is 8.76. The van der Waals surface area contributed by atoms with Gasteiger partial charge in [0.15, 0.2) is 0 Å². The fourth-order valence-electron chi connectivity index (χ4n) is 2.05. The molecule has 1 unspecified atom stereocenters.